The fourth-order valence-electron chi connectivity index (χ4n) is 4.44. The molecule has 1 saturated carbocycles. The minimum absolute atomic E-state index is 0.0576. The molecule has 2 aromatic rings. The molecule has 132 valence electrons. The van der Waals surface area contributed by atoms with E-state index in [1.54, 1.807) is 24.0 Å². The van der Waals surface area contributed by atoms with E-state index in [2.05, 4.69) is 22.0 Å². The first-order chi connectivity index (χ1) is 12.1. The summed E-state index contributed by atoms with van der Waals surface area (Å²) in [7, 11) is 0. The molecule has 1 aliphatic carbocycles. The second-order valence-electron chi connectivity index (χ2n) is 7.51. The minimum atomic E-state index is -0.533. The Bertz CT molecular complexity index is 742. The molecule has 4 rings (SSSR count). The number of pyridine rings is 1. The number of nitrogens with zero attached hydrogens (tertiary/aromatic N) is 1. The summed E-state index contributed by atoms with van der Waals surface area (Å²) in [5, 5.41) is 11.0. The Balaban J connectivity index is 1.30. The maximum Gasteiger partial charge on any atom is 0.247 e. The number of nitrogens with one attached hydrogen (secondary N) is 1. The van der Waals surface area contributed by atoms with Gasteiger partial charge in [0.15, 0.2) is 0 Å². The minimum Gasteiger partial charge on any atom is -0.390 e. The highest BCUT2D eigenvalue weighted by Gasteiger charge is 2.47. The third-order valence-corrected chi connectivity index (χ3v) is 6.56. The Kier molecular flexibility index (Phi) is 4.71. The van der Waals surface area contributed by atoms with Crippen molar-refractivity contribution >= 4 is 11.8 Å². The second kappa shape index (κ2) is 6.98. The molecule has 2 N–H and O–H groups in total. The molecule has 2 aliphatic rings. The summed E-state index contributed by atoms with van der Waals surface area (Å²) in [6, 6.07) is 13.8. The van der Waals surface area contributed by atoms with Crippen molar-refractivity contribution in [1.82, 2.24) is 9.88 Å². The van der Waals surface area contributed by atoms with Gasteiger partial charge >= 0.3 is 0 Å². The summed E-state index contributed by atoms with van der Waals surface area (Å²) in [6.07, 6.45) is 4.37. The van der Waals surface area contributed by atoms with E-state index in [1.165, 1.54) is 5.56 Å². The third kappa shape index (κ3) is 4.00. The molecule has 1 aromatic carbocycles. The summed E-state index contributed by atoms with van der Waals surface area (Å²) >= 11 is 1.76. The molecular formula is C20H24N2O2S. The van der Waals surface area contributed by atoms with Crippen molar-refractivity contribution in [2.45, 2.75) is 29.8 Å². The molecule has 3 atom stereocenters. The van der Waals surface area contributed by atoms with Crippen LogP contribution in [0.5, 0.6) is 0 Å². The zero-order valence-electron chi connectivity index (χ0n) is 14.2. The van der Waals surface area contributed by atoms with Crippen molar-refractivity contribution in [1.29, 1.82) is 0 Å². The lowest BCUT2D eigenvalue weighted by Gasteiger charge is -2.26. The summed E-state index contributed by atoms with van der Waals surface area (Å²) in [5.74, 6) is 2.14. The number of fused-ring (bicyclic) bond motifs is 1. The van der Waals surface area contributed by atoms with Gasteiger partial charge in [-0.25, -0.2) is 0 Å². The van der Waals surface area contributed by atoms with Crippen LogP contribution in [0.25, 0.3) is 0 Å². The van der Waals surface area contributed by atoms with Gasteiger partial charge in [-0.05, 0) is 36.3 Å². The number of aromatic amines is 1. The van der Waals surface area contributed by atoms with Gasteiger partial charge in [-0.3, -0.25) is 9.69 Å². The summed E-state index contributed by atoms with van der Waals surface area (Å²) in [6.45, 7) is 2.14. The van der Waals surface area contributed by atoms with E-state index in [-0.39, 0.29) is 5.56 Å². The number of rotatable bonds is 5. The molecule has 25 heavy (non-hydrogen) atoms. The van der Waals surface area contributed by atoms with Gasteiger partial charge in [-0.1, -0.05) is 30.3 Å². The first-order valence-electron chi connectivity index (χ1n) is 8.90. The average molecular weight is 356 g/mol. The Morgan fingerprint density at radius 2 is 1.84 bits per heavy atom. The molecule has 1 aromatic heterocycles. The highest BCUT2D eigenvalue weighted by molar-refractivity contribution is 7.99. The van der Waals surface area contributed by atoms with Gasteiger partial charge in [0.2, 0.25) is 5.56 Å². The topological polar surface area (TPSA) is 56.3 Å². The molecule has 1 aliphatic heterocycles. The zero-order chi connectivity index (χ0) is 17.3. The predicted molar refractivity (Wildman–Crippen MR) is 101 cm³/mol. The number of hydrogen-bond acceptors (Lipinski definition) is 4. The number of H-pyrrole nitrogens is 1. The van der Waals surface area contributed by atoms with Gasteiger partial charge in [0.1, 0.15) is 0 Å². The Morgan fingerprint density at radius 3 is 2.48 bits per heavy atom. The van der Waals surface area contributed by atoms with Gasteiger partial charge in [0.05, 0.1) is 5.60 Å². The third-order valence-electron chi connectivity index (χ3n) is 5.48. The maximum absolute atomic E-state index is 11.1. The lowest BCUT2D eigenvalue weighted by atomic mass is 9.91. The number of aromatic nitrogens is 1. The summed E-state index contributed by atoms with van der Waals surface area (Å²) in [4.78, 5) is 17.4. The van der Waals surface area contributed by atoms with Crippen LogP contribution in [-0.2, 0) is 6.42 Å². The molecule has 4 nitrogen and oxygen atoms in total. The second-order valence-corrected chi connectivity index (χ2v) is 8.53. The van der Waals surface area contributed by atoms with Crippen LogP contribution in [-0.4, -0.2) is 39.6 Å². The Hall–Kier alpha value is -1.56. The lowest BCUT2D eigenvalue weighted by molar-refractivity contribution is 0.0362. The van der Waals surface area contributed by atoms with E-state index in [1.807, 2.05) is 24.3 Å². The highest BCUT2D eigenvalue weighted by Crippen LogP contribution is 2.45. The number of aliphatic hydroxyl groups is 1. The summed E-state index contributed by atoms with van der Waals surface area (Å²) < 4.78 is 0. The molecule has 0 amide bonds. The fourth-order valence-corrected chi connectivity index (χ4v) is 5.28. The van der Waals surface area contributed by atoms with Crippen LogP contribution >= 0.6 is 11.8 Å². The van der Waals surface area contributed by atoms with Gasteiger partial charge < -0.3 is 10.1 Å². The first-order valence-corrected chi connectivity index (χ1v) is 9.88. The Morgan fingerprint density at radius 1 is 1.12 bits per heavy atom. The first kappa shape index (κ1) is 16.9. The average Bonchev–Trinajstić information content (AvgIpc) is 3.09. The molecule has 5 heteroatoms. The van der Waals surface area contributed by atoms with E-state index in [4.69, 9.17) is 0 Å². The van der Waals surface area contributed by atoms with Crippen LogP contribution < -0.4 is 5.56 Å². The van der Waals surface area contributed by atoms with Crippen LogP contribution in [0, 0.1) is 11.8 Å². The maximum atomic E-state index is 11.1. The van der Waals surface area contributed by atoms with Gasteiger partial charge in [-0.15, -0.1) is 11.8 Å². The van der Waals surface area contributed by atoms with E-state index in [0.29, 0.717) is 11.8 Å². The fraction of sp³-hybridized carbons (Fsp3) is 0.450. The molecule has 0 bridgehead atoms. The van der Waals surface area contributed by atoms with Crippen LogP contribution in [0.15, 0.2) is 58.4 Å². The molecule has 2 heterocycles. The number of likely N-dealkylation sites (tertiary alicyclic amines) is 1. The molecule has 0 spiro atoms. The SMILES string of the molecule is O=c1ccc(SCN2C[C@@H]3CC(O)(Cc4ccccc4)C[C@@H]3C2)c[nH]1. The normalized spacial score (nSPS) is 29.0. The van der Waals surface area contributed by atoms with Gasteiger partial charge in [0, 0.05) is 42.5 Å². The van der Waals surface area contributed by atoms with Gasteiger partial charge in [-0.2, -0.15) is 0 Å². The number of benzene rings is 1. The van der Waals surface area contributed by atoms with E-state index in [0.717, 1.165) is 43.1 Å². The van der Waals surface area contributed by atoms with Crippen LogP contribution in [0.1, 0.15) is 18.4 Å². The van der Waals surface area contributed by atoms with Crippen molar-refractivity contribution in [2.24, 2.45) is 11.8 Å². The van der Waals surface area contributed by atoms with E-state index in [9.17, 15) is 9.90 Å². The number of hydrogen-bond donors (Lipinski definition) is 2. The van der Waals surface area contributed by atoms with Crippen molar-refractivity contribution in [2.75, 3.05) is 19.0 Å². The van der Waals surface area contributed by atoms with Crippen molar-refractivity contribution in [3.8, 4) is 0 Å². The number of thioether (sulfide) groups is 1. The Labute approximate surface area is 152 Å². The molecule has 1 saturated heterocycles. The van der Waals surface area contributed by atoms with Crippen molar-refractivity contribution < 1.29 is 5.11 Å². The highest BCUT2D eigenvalue weighted by atomic mass is 32.2. The standard InChI is InChI=1S/C20H24N2O2S/c23-19-7-6-18(11-21-19)25-14-22-12-16-9-20(24,10-17(16)13-22)8-15-4-2-1-3-5-15/h1-7,11,16-17,24H,8-10,12-14H2,(H,21,23)/t16-,17+,20?. The van der Waals surface area contributed by atoms with Crippen LogP contribution in [0.3, 0.4) is 0 Å². The molecule has 0 radical (unpaired) electrons. The van der Waals surface area contributed by atoms with Crippen LogP contribution in [0.4, 0.5) is 0 Å². The molecular weight excluding hydrogens is 332 g/mol. The van der Waals surface area contributed by atoms with Crippen molar-refractivity contribution in [3.05, 3.63) is 64.6 Å². The smallest absolute Gasteiger partial charge is 0.247 e. The predicted octanol–water partition coefficient (Wildman–Crippen LogP) is 2.74. The molecule has 2 fully saturated rings. The van der Waals surface area contributed by atoms with E-state index < -0.39 is 5.60 Å². The van der Waals surface area contributed by atoms with Crippen molar-refractivity contribution in [3.63, 3.8) is 0 Å². The lowest BCUT2D eigenvalue weighted by Crippen LogP contribution is -2.32. The monoisotopic (exact) mass is 356 g/mol. The quantitative estimate of drug-likeness (QED) is 0.809. The van der Waals surface area contributed by atoms with E-state index >= 15 is 0 Å². The van der Waals surface area contributed by atoms with Gasteiger partial charge in [0.25, 0.3) is 0 Å². The largest absolute Gasteiger partial charge is 0.390 e. The zero-order valence-corrected chi connectivity index (χ0v) is 15.0. The summed E-state index contributed by atoms with van der Waals surface area (Å²) in [5.41, 5.74) is 0.641. The molecule has 1 unspecified atom stereocenters. The van der Waals surface area contributed by atoms with Crippen LogP contribution in [0.2, 0.25) is 0 Å².